The van der Waals surface area contributed by atoms with Crippen molar-refractivity contribution in [1.82, 2.24) is 9.80 Å². The molecule has 5 heteroatoms. The summed E-state index contributed by atoms with van der Waals surface area (Å²) in [6.45, 7) is 4.43. The Hall–Kier alpha value is -1.27. The van der Waals surface area contributed by atoms with Crippen molar-refractivity contribution in [2.45, 2.75) is 23.4 Å². The minimum atomic E-state index is -1.92. The molecule has 144 valence electrons. The number of benzene rings is 2. The average molecular weight is 399 g/mol. The van der Waals surface area contributed by atoms with E-state index in [0.717, 1.165) is 32.2 Å². The molecule has 0 saturated carbocycles. The van der Waals surface area contributed by atoms with Crippen LogP contribution in [0.2, 0.25) is 12.1 Å². The first kappa shape index (κ1) is 19.1. The molecular weight excluding hydrogens is 368 g/mol. The molecule has 0 aromatic heterocycles. The third-order valence-electron chi connectivity index (χ3n) is 6.62. The molecule has 0 aliphatic carbocycles. The van der Waals surface area contributed by atoms with Gasteiger partial charge in [0.2, 0.25) is 0 Å². The summed E-state index contributed by atoms with van der Waals surface area (Å²) < 4.78 is 12.8. The number of rotatable bonds is 4. The summed E-state index contributed by atoms with van der Waals surface area (Å²) in [7, 11) is -0.516. The van der Waals surface area contributed by atoms with Crippen LogP contribution in [-0.4, -0.2) is 72.9 Å². The van der Waals surface area contributed by atoms with Crippen molar-refractivity contribution < 1.29 is 4.21 Å². The second kappa shape index (κ2) is 8.00. The molecule has 0 amide bonds. The van der Waals surface area contributed by atoms with E-state index in [0.29, 0.717) is 6.04 Å². The van der Waals surface area contributed by atoms with Crippen LogP contribution in [0.1, 0.15) is 0 Å². The summed E-state index contributed by atoms with van der Waals surface area (Å²) in [6.07, 6.45) is 1.92. The van der Waals surface area contributed by atoms with Gasteiger partial charge in [0.1, 0.15) is 8.07 Å². The van der Waals surface area contributed by atoms with Gasteiger partial charge in [-0.2, -0.15) is 0 Å². The molecule has 2 aromatic rings. The van der Waals surface area contributed by atoms with Gasteiger partial charge in [-0.05, 0) is 19.1 Å². The van der Waals surface area contributed by atoms with Crippen LogP contribution in [0.15, 0.2) is 60.7 Å². The lowest BCUT2D eigenvalue weighted by Gasteiger charge is -2.39. The molecule has 2 fully saturated rings. The largest absolute Gasteiger partial charge is 0.304 e. The minimum Gasteiger partial charge on any atom is -0.304 e. The fourth-order valence-electron chi connectivity index (χ4n) is 5.06. The van der Waals surface area contributed by atoms with Crippen LogP contribution >= 0.6 is 0 Å². The van der Waals surface area contributed by atoms with Gasteiger partial charge in [-0.15, -0.1) is 0 Å². The van der Waals surface area contributed by atoms with E-state index < -0.39 is 18.9 Å². The molecule has 3 atom stereocenters. The monoisotopic (exact) mass is 398 g/mol. The third-order valence-corrected chi connectivity index (χ3v) is 13.4. The van der Waals surface area contributed by atoms with Crippen LogP contribution in [0.4, 0.5) is 0 Å². The highest BCUT2D eigenvalue weighted by atomic mass is 32.2. The minimum absolute atomic E-state index is 0.278. The molecule has 2 saturated heterocycles. The van der Waals surface area contributed by atoms with Crippen LogP contribution in [0.3, 0.4) is 0 Å². The Kier molecular flexibility index (Phi) is 5.64. The normalized spacial score (nSPS) is 27.5. The van der Waals surface area contributed by atoms with Crippen LogP contribution in [-0.2, 0) is 10.8 Å². The Balaban J connectivity index is 1.75. The second-order valence-corrected chi connectivity index (χ2v) is 13.9. The summed E-state index contributed by atoms with van der Waals surface area (Å²) in [4.78, 5) is 5.05. The van der Waals surface area contributed by atoms with E-state index in [-0.39, 0.29) is 5.25 Å². The Bertz CT molecular complexity index is 738. The van der Waals surface area contributed by atoms with E-state index in [1.807, 2.05) is 6.26 Å². The lowest BCUT2D eigenvalue weighted by molar-refractivity contribution is 0.121. The van der Waals surface area contributed by atoms with E-state index in [1.54, 1.807) is 0 Å². The van der Waals surface area contributed by atoms with Gasteiger partial charge in [0, 0.05) is 54.5 Å². The molecule has 0 N–H and O–H groups in total. The Labute approximate surface area is 166 Å². The second-order valence-electron chi connectivity index (χ2n) is 8.17. The summed E-state index contributed by atoms with van der Waals surface area (Å²) in [6, 6.07) is 24.9. The zero-order valence-electron chi connectivity index (χ0n) is 16.4. The first-order valence-electron chi connectivity index (χ1n) is 9.96. The molecule has 27 heavy (non-hydrogen) atoms. The van der Waals surface area contributed by atoms with Gasteiger partial charge in [0.15, 0.2) is 0 Å². The van der Waals surface area contributed by atoms with Gasteiger partial charge in [-0.1, -0.05) is 71.0 Å². The predicted molar refractivity (Wildman–Crippen MR) is 118 cm³/mol. The molecule has 1 unspecified atom stereocenters. The van der Waals surface area contributed by atoms with Crippen LogP contribution in [0, 0.1) is 0 Å². The average Bonchev–Trinajstić information content (AvgIpc) is 3.12. The topological polar surface area (TPSA) is 23.6 Å². The lowest BCUT2D eigenvalue weighted by Crippen LogP contribution is -2.57. The van der Waals surface area contributed by atoms with Crippen LogP contribution < -0.4 is 10.4 Å². The summed E-state index contributed by atoms with van der Waals surface area (Å²) >= 11 is 0. The van der Waals surface area contributed by atoms with Gasteiger partial charge < -0.3 is 4.90 Å². The third kappa shape index (κ3) is 3.70. The highest BCUT2D eigenvalue weighted by molar-refractivity contribution is 7.85. The summed E-state index contributed by atoms with van der Waals surface area (Å²) in [5, 5.41) is 3.28. The van der Waals surface area contributed by atoms with Crippen molar-refractivity contribution in [2.24, 2.45) is 0 Å². The molecule has 0 spiro atoms. The fraction of sp³-hybridized carbons (Fsp3) is 0.455. The Morgan fingerprint density at radius 3 is 1.85 bits per heavy atom. The van der Waals surface area contributed by atoms with Crippen molar-refractivity contribution in [2.75, 3.05) is 39.5 Å². The number of nitrogens with zero attached hydrogens (tertiary/aromatic N) is 2. The molecule has 0 radical (unpaired) electrons. The molecule has 2 aliphatic rings. The molecule has 4 rings (SSSR count). The van der Waals surface area contributed by atoms with Crippen molar-refractivity contribution in [1.29, 1.82) is 0 Å². The maximum atomic E-state index is 12.8. The first-order valence-corrected chi connectivity index (χ1v) is 14.0. The van der Waals surface area contributed by atoms with Crippen molar-refractivity contribution in [3.8, 4) is 0 Å². The van der Waals surface area contributed by atoms with Gasteiger partial charge in [-0.25, -0.2) is 0 Å². The molecule has 3 nitrogen and oxygen atoms in total. The lowest BCUT2D eigenvalue weighted by atomic mass is 10.2. The standard InChI is InChI=1S/C22H30N2OSSi/c1-23-13-15-24(16-14-23)21-17-27(18-22(21)26(2)25,19-9-5-3-6-10-19)20-11-7-4-8-12-20/h3-12,21-22H,13-18H2,1-2H3/t21-,22-,26?/m1/s1. The van der Waals surface area contributed by atoms with E-state index in [9.17, 15) is 4.21 Å². The smallest absolute Gasteiger partial charge is 0.120 e. The number of hydrogen-bond acceptors (Lipinski definition) is 3. The fourth-order valence-corrected chi connectivity index (χ4v) is 13.1. The van der Waals surface area contributed by atoms with Gasteiger partial charge in [-0.3, -0.25) is 9.11 Å². The SMILES string of the molecule is CN1CCN([C@@H]2C[Si](c3ccccc3)(c3ccccc3)C[C@H]2S(C)=O)CC1. The molecule has 2 heterocycles. The van der Waals surface area contributed by atoms with Crippen molar-refractivity contribution >= 4 is 29.2 Å². The van der Waals surface area contributed by atoms with Crippen molar-refractivity contribution in [3.05, 3.63) is 60.7 Å². The Morgan fingerprint density at radius 1 is 0.852 bits per heavy atom. The molecule has 2 aromatic carbocycles. The van der Waals surface area contributed by atoms with Gasteiger partial charge in [0.05, 0.1) is 0 Å². The van der Waals surface area contributed by atoms with Gasteiger partial charge >= 0.3 is 0 Å². The molecule has 2 aliphatic heterocycles. The first-order chi connectivity index (χ1) is 13.1. The predicted octanol–water partition coefficient (Wildman–Crippen LogP) is 1.63. The van der Waals surface area contributed by atoms with E-state index in [4.69, 9.17) is 0 Å². The van der Waals surface area contributed by atoms with Crippen molar-refractivity contribution in [3.63, 3.8) is 0 Å². The number of likely N-dealkylation sites (N-methyl/N-ethyl adjacent to an activating group) is 1. The zero-order chi connectivity index (χ0) is 18.9. The van der Waals surface area contributed by atoms with Crippen LogP contribution in [0.25, 0.3) is 0 Å². The van der Waals surface area contributed by atoms with Crippen LogP contribution in [0.5, 0.6) is 0 Å². The highest BCUT2D eigenvalue weighted by Crippen LogP contribution is 2.36. The maximum Gasteiger partial charge on any atom is 0.120 e. The maximum absolute atomic E-state index is 12.8. The zero-order valence-corrected chi connectivity index (χ0v) is 18.2. The summed E-state index contributed by atoms with van der Waals surface area (Å²) in [5.41, 5.74) is 0. The summed E-state index contributed by atoms with van der Waals surface area (Å²) in [5.74, 6) is 0. The quantitative estimate of drug-likeness (QED) is 0.732. The van der Waals surface area contributed by atoms with E-state index in [2.05, 4.69) is 77.5 Å². The van der Waals surface area contributed by atoms with Gasteiger partial charge in [0.25, 0.3) is 0 Å². The molecular formula is C22H30N2OSSi. The Morgan fingerprint density at radius 2 is 1.37 bits per heavy atom. The van der Waals surface area contributed by atoms with E-state index >= 15 is 0 Å². The van der Waals surface area contributed by atoms with E-state index in [1.165, 1.54) is 16.4 Å². The molecule has 0 bridgehead atoms. The number of hydrogen-bond donors (Lipinski definition) is 0. The highest BCUT2D eigenvalue weighted by Gasteiger charge is 2.52. The number of piperazine rings is 1.